The molecule has 2 aromatic rings. The van der Waals surface area contributed by atoms with Crippen molar-refractivity contribution in [2.45, 2.75) is 12.8 Å². The van der Waals surface area contributed by atoms with Crippen LogP contribution in [-0.2, 0) is 9.53 Å². The van der Waals surface area contributed by atoms with Crippen LogP contribution in [0.1, 0.15) is 33.6 Å². The maximum absolute atomic E-state index is 13.6. The Hall–Kier alpha value is -3.09. The number of esters is 1. The molecule has 1 aliphatic rings. The van der Waals surface area contributed by atoms with Crippen LogP contribution in [0, 0.1) is 11.6 Å². The summed E-state index contributed by atoms with van der Waals surface area (Å²) in [6.45, 7) is -0.188. The van der Waals surface area contributed by atoms with E-state index in [1.807, 2.05) is 0 Å². The van der Waals surface area contributed by atoms with E-state index in [0.29, 0.717) is 31.1 Å². The van der Waals surface area contributed by atoms with Crippen molar-refractivity contribution in [2.24, 2.45) is 0 Å². The average molecular weight is 359 g/mol. The Morgan fingerprint density at radius 3 is 2.54 bits per heavy atom. The SMILES string of the molecule is O=C(COC(=O)c1ccccc1N1CCCC1=O)c1ccc(F)cc1F. The normalized spacial score (nSPS) is 13.8. The standard InChI is InChI=1S/C19H15F2NO4/c20-12-7-8-13(15(21)10-12)17(23)11-26-19(25)14-4-1-2-5-16(14)22-9-3-6-18(22)24/h1-2,4-5,7-8,10H,3,6,9,11H2. The van der Waals surface area contributed by atoms with Crippen LogP contribution < -0.4 is 4.90 Å². The van der Waals surface area contributed by atoms with Gasteiger partial charge in [-0.25, -0.2) is 13.6 Å². The van der Waals surface area contributed by atoms with Crippen LogP contribution in [0.3, 0.4) is 0 Å². The monoisotopic (exact) mass is 359 g/mol. The van der Waals surface area contributed by atoms with Crippen molar-refractivity contribution in [1.29, 1.82) is 0 Å². The van der Waals surface area contributed by atoms with Crippen molar-refractivity contribution in [3.63, 3.8) is 0 Å². The minimum atomic E-state index is -1.02. The lowest BCUT2D eigenvalue weighted by atomic mass is 10.1. The van der Waals surface area contributed by atoms with E-state index in [0.717, 1.165) is 12.1 Å². The fourth-order valence-corrected chi connectivity index (χ4v) is 2.79. The Kier molecular flexibility index (Phi) is 5.06. The predicted molar refractivity (Wildman–Crippen MR) is 89.0 cm³/mol. The lowest BCUT2D eigenvalue weighted by Gasteiger charge is -2.18. The highest BCUT2D eigenvalue weighted by Crippen LogP contribution is 2.26. The van der Waals surface area contributed by atoms with Crippen molar-refractivity contribution < 1.29 is 27.9 Å². The predicted octanol–water partition coefficient (Wildman–Crippen LogP) is 3.13. The van der Waals surface area contributed by atoms with Gasteiger partial charge in [-0.3, -0.25) is 9.59 Å². The van der Waals surface area contributed by atoms with Gasteiger partial charge in [-0.2, -0.15) is 0 Å². The number of ether oxygens (including phenoxy) is 1. The number of hydrogen-bond donors (Lipinski definition) is 0. The van der Waals surface area contributed by atoms with Crippen LogP contribution in [0.5, 0.6) is 0 Å². The largest absolute Gasteiger partial charge is 0.454 e. The van der Waals surface area contributed by atoms with Gasteiger partial charge in [0.25, 0.3) is 0 Å². The molecule has 134 valence electrons. The summed E-state index contributed by atoms with van der Waals surface area (Å²) in [5.74, 6) is -3.49. The minimum absolute atomic E-state index is 0.0882. The second-order valence-electron chi connectivity index (χ2n) is 5.79. The number of para-hydroxylation sites is 1. The zero-order valence-electron chi connectivity index (χ0n) is 13.7. The molecule has 0 bridgehead atoms. The Morgan fingerprint density at radius 2 is 1.85 bits per heavy atom. The van der Waals surface area contributed by atoms with E-state index >= 15 is 0 Å². The third kappa shape index (κ3) is 3.61. The topological polar surface area (TPSA) is 63.7 Å². The Labute approximate surface area is 148 Å². The molecule has 1 saturated heterocycles. The van der Waals surface area contributed by atoms with Crippen LogP contribution in [0.2, 0.25) is 0 Å². The quantitative estimate of drug-likeness (QED) is 0.608. The molecule has 7 heteroatoms. The maximum atomic E-state index is 13.6. The van der Waals surface area contributed by atoms with Gasteiger partial charge in [-0.1, -0.05) is 12.1 Å². The zero-order valence-corrected chi connectivity index (χ0v) is 13.7. The van der Waals surface area contributed by atoms with Crippen molar-refractivity contribution in [3.05, 3.63) is 65.2 Å². The molecule has 0 radical (unpaired) electrons. The molecule has 0 spiro atoms. The summed E-state index contributed by atoms with van der Waals surface area (Å²) >= 11 is 0. The van der Waals surface area contributed by atoms with Crippen molar-refractivity contribution in [3.8, 4) is 0 Å². The van der Waals surface area contributed by atoms with Crippen LogP contribution in [0.25, 0.3) is 0 Å². The number of ketones is 1. The molecule has 1 heterocycles. The molecule has 0 aliphatic carbocycles. The molecule has 2 aromatic carbocycles. The Balaban J connectivity index is 1.73. The van der Waals surface area contributed by atoms with E-state index < -0.39 is 30.0 Å². The number of amides is 1. The molecule has 1 aliphatic heterocycles. The summed E-state index contributed by atoms with van der Waals surface area (Å²) in [4.78, 5) is 37.8. The highest BCUT2D eigenvalue weighted by Gasteiger charge is 2.26. The maximum Gasteiger partial charge on any atom is 0.340 e. The first kappa shape index (κ1) is 17.7. The van der Waals surface area contributed by atoms with E-state index in [-0.39, 0.29) is 17.0 Å². The fourth-order valence-electron chi connectivity index (χ4n) is 2.79. The summed E-state index contributed by atoms with van der Waals surface area (Å²) in [5, 5.41) is 0. The second-order valence-corrected chi connectivity index (χ2v) is 5.79. The molecule has 0 N–H and O–H groups in total. The third-order valence-electron chi connectivity index (χ3n) is 4.05. The van der Waals surface area contributed by atoms with Gasteiger partial charge in [0.15, 0.2) is 6.61 Å². The van der Waals surface area contributed by atoms with E-state index in [4.69, 9.17) is 4.74 Å². The first-order chi connectivity index (χ1) is 12.5. The van der Waals surface area contributed by atoms with Crippen molar-refractivity contribution >= 4 is 23.3 Å². The van der Waals surface area contributed by atoms with Crippen LogP contribution >= 0.6 is 0 Å². The summed E-state index contributed by atoms with van der Waals surface area (Å²) in [5.41, 5.74) is 0.206. The second kappa shape index (κ2) is 7.43. The van der Waals surface area contributed by atoms with E-state index in [9.17, 15) is 23.2 Å². The van der Waals surface area contributed by atoms with Gasteiger partial charge in [-0.15, -0.1) is 0 Å². The molecule has 0 unspecified atom stereocenters. The van der Waals surface area contributed by atoms with Gasteiger partial charge >= 0.3 is 5.97 Å². The number of halogens is 2. The molecular formula is C19H15F2NO4. The first-order valence-corrected chi connectivity index (χ1v) is 8.02. The number of hydrogen-bond acceptors (Lipinski definition) is 4. The highest BCUT2D eigenvalue weighted by atomic mass is 19.1. The number of Topliss-reactive ketones (excluding diaryl/α,β-unsaturated/α-hetero) is 1. The molecule has 1 fully saturated rings. The average Bonchev–Trinajstić information content (AvgIpc) is 3.05. The molecular weight excluding hydrogens is 344 g/mol. The Morgan fingerprint density at radius 1 is 1.08 bits per heavy atom. The van der Waals surface area contributed by atoms with Gasteiger partial charge < -0.3 is 9.64 Å². The molecule has 3 rings (SSSR count). The molecule has 0 saturated carbocycles. The van der Waals surface area contributed by atoms with Gasteiger partial charge in [0.2, 0.25) is 11.7 Å². The number of carbonyl (C=O) groups is 3. The number of anilines is 1. The summed E-state index contributed by atoms with van der Waals surface area (Å²) < 4.78 is 31.5. The molecule has 26 heavy (non-hydrogen) atoms. The third-order valence-corrected chi connectivity index (χ3v) is 4.05. The van der Waals surface area contributed by atoms with Crippen LogP contribution in [0.4, 0.5) is 14.5 Å². The minimum Gasteiger partial charge on any atom is -0.454 e. The van der Waals surface area contributed by atoms with E-state index in [1.165, 1.54) is 11.0 Å². The van der Waals surface area contributed by atoms with Crippen LogP contribution in [0.15, 0.2) is 42.5 Å². The number of benzene rings is 2. The lowest BCUT2D eigenvalue weighted by molar-refractivity contribution is -0.117. The van der Waals surface area contributed by atoms with Gasteiger partial charge in [0.1, 0.15) is 11.6 Å². The summed E-state index contributed by atoms with van der Waals surface area (Å²) in [6, 6.07) is 8.96. The molecule has 1 amide bonds. The highest BCUT2D eigenvalue weighted by molar-refractivity contribution is 6.05. The van der Waals surface area contributed by atoms with Gasteiger partial charge in [0.05, 0.1) is 16.8 Å². The fraction of sp³-hybridized carbons (Fsp3) is 0.211. The molecule has 5 nitrogen and oxygen atoms in total. The smallest absolute Gasteiger partial charge is 0.340 e. The first-order valence-electron chi connectivity index (χ1n) is 8.02. The summed E-state index contributed by atoms with van der Waals surface area (Å²) in [6.07, 6.45) is 1.11. The number of nitrogens with zero attached hydrogens (tertiary/aromatic N) is 1. The summed E-state index contributed by atoms with van der Waals surface area (Å²) in [7, 11) is 0. The van der Waals surface area contributed by atoms with Crippen molar-refractivity contribution in [2.75, 3.05) is 18.1 Å². The molecule has 0 aromatic heterocycles. The molecule has 0 atom stereocenters. The van der Waals surface area contributed by atoms with E-state index in [2.05, 4.69) is 0 Å². The van der Waals surface area contributed by atoms with Crippen molar-refractivity contribution in [1.82, 2.24) is 0 Å². The zero-order chi connectivity index (χ0) is 18.7. The number of rotatable bonds is 5. The number of carbonyl (C=O) groups excluding carboxylic acids is 3. The lowest BCUT2D eigenvalue weighted by Crippen LogP contribution is -2.26. The van der Waals surface area contributed by atoms with Gasteiger partial charge in [-0.05, 0) is 30.7 Å². The Bertz CT molecular complexity index is 882. The van der Waals surface area contributed by atoms with E-state index in [1.54, 1.807) is 18.2 Å². The van der Waals surface area contributed by atoms with Gasteiger partial charge in [0, 0.05) is 19.0 Å². The van der Waals surface area contributed by atoms with Crippen LogP contribution in [-0.4, -0.2) is 30.8 Å².